The van der Waals surface area contributed by atoms with Crippen molar-refractivity contribution in [2.24, 2.45) is 0 Å². The van der Waals surface area contributed by atoms with Gasteiger partial charge in [0, 0.05) is 30.9 Å². The SMILES string of the molecule is COc1ccc2cc(C(=O)NCCc3ccncc3)c(=O)n3c2c1OCCCCC3. The molecule has 3 heterocycles. The first kappa shape index (κ1) is 19.9. The van der Waals surface area contributed by atoms with Gasteiger partial charge in [-0.2, -0.15) is 0 Å². The molecule has 3 aromatic rings. The molecule has 0 bridgehead atoms. The van der Waals surface area contributed by atoms with E-state index in [-0.39, 0.29) is 17.0 Å². The molecule has 1 aliphatic rings. The Labute approximate surface area is 174 Å². The molecule has 2 aromatic heterocycles. The van der Waals surface area contributed by atoms with Crippen LogP contribution in [0.5, 0.6) is 11.5 Å². The van der Waals surface area contributed by atoms with Crippen LogP contribution < -0.4 is 20.3 Å². The molecule has 0 saturated heterocycles. The minimum atomic E-state index is -0.363. The molecule has 0 saturated carbocycles. The molecule has 7 nitrogen and oxygen atoms in total. The Kier molecular flexibility index (Phi) is 5.97. The molecule has 156 valence electrons. The predicted octanol–water partition coefficient (Wildman–Crippen LogP) is 2.94. The van der Waals surface area contributed by atoms with E-state index in [2.05, 4.69) is 10.3 Å². The maximum atomic E-state index is 13.2. The standard InChI is InChI=1S/C23H25N3O4/c1-29-19-6-5-17-15-18(22(27)25-12-9-16-7-10-24-11-8-16)23(28)26-13-3-2-4-14-30-21(19)20(17)26/h5-8,10-11,15H,2-4,9,12-14H2,1H3,(H,25,27). The first-order valence-electron chi connectivity index (χ1n) is 10.2. The van der Waals surface area contributed by atoms with E-state index < -0.39 is 0 Å². The van der Waals surface area contributed by atoms with E-state index in [1.54, 1.807) is 30.1 Å². The van der Waals surface area contributed by atoms with Gasteiger partial charge in [-0.15, -0.1) is 0 Å². The van der Waals surface area contributed by atoms with Crippen molar-refractivity contribution in [3.05, 3.63) is 64.2 Å². The van der Waals surface area contributed by atoms with Crippen LogP contribution in [0.25, 0.3) is 10.9 Å². The second-order valence-corrected chi connectivity index (χ2v) is 7.32. The Hall–Kier alpha value is -3.35. The highest BCUT2D eigenvalue weighted by Gasteiger charge is 2.21. The Bertz CT molecular complexity index is 1110. The average molecular weight is 407 g/mol. The van der Waals surface area contributed by atoms with Crippen LogP contribution in [0.3, 0.4) is 0 Å². The fraction of sp³-hybridized carbons (Fsp3) is 0.348. The van der Waals surface area contributed by atoms with Gasteiger partial charge in [-0.1, -0.05) is 0 Å². The third kappa shape index (κ3) is 4.01. The van der Waals surface area contributed by atoms with E-state index in [0.717, 1.165) is 30.2 Å². The summed E-state index contributed by atoms with van der Waals surface area (Å²) in [6.45, 7) is 1.55. The summed E-state index contributed by atoms with van der Waals surface area (Å²) in [5.74, 6) is 0.795. The summed E-state index contributed by atoms with van der Waals surface area (Å²) >= 11 is 0. The fourth-order valence-electron chi connectivity index (χ4n) is 3.79. The van der Waals surface area contributed by atoms with Crippen molar-refractivity contribution < 1.29 is 14.3 Å². The molecule has 0 fully saturated rings. The van der Waals surface area contributed by atoms with Gasteiger partial charge in [0.25, 0.3) is 11.5 Å². The number of carbonyl (C=O) groups is 1. The molecule has 1 amide bonds. The molecule has 0 atom stereocenters. The average Bonchev–Trinajstić information content (AvgIpc) is 2.88. The van der Waals surface area contributed by atoms with Gasteiger partial charge < -0.3 is 19.4 Å². The van der Waals surface area contributed by atoms with Gasteiger partial charge in [-0.25, -0.2) is 0 Å². The van der Waals surface area contributed by atoms with Gasteiger partial charge in [-0.3, -0.25) is 14.6 Å². The van der Waals surface area contributed by atoms with Crippen LogP contribution in [-0.4, -0.2) is 35.7 Å². The number of benzene rings is 1. The van der Waals surface area contributed by atoms with Gasteiger partial charge in [0.05, 0.1) is 19.2 Å². The molecule has 30 heavy (non-hydrogen) atoms. The Morgan fingerprint density at radius 1 is 1.20 bits per heavy atom. The molecular weight excluding hydrogens is 382 g/mol. The van der Waals surface area contributed by atoms with E-state index in [1.807, 2.05) is 24.3 Å². The Morgan fingerprint density at radius 3 is 2.83 bits per heavy atom. The number of pyridine rings is 2. The quantitative estimate of drug-likeness (QED) is 0.703. The van der Waals surface area contributed by atoms with Crippen LogP contribution in [0.15, 0.2) is 47.5 Å². The number of nitrogens with zero attached hydrogens (tertiary/aromatic N) is 2. The van der Waals surface area contributed by atoms with Gasteiger partial charge in [-0.05, 0) is 61.6 Å². The highest BCUT2D eigenvalue weighted by Crippen LogP contribution is 2.36. The predicted molar refractivity (Wildman–Crippen MR) is 114 cm³/mol. The minimum Gasteiger partial charge on any atom is -0.493 e. The number of methoxy groups -OCH3 is 1. The number of amides is 1. The van der Waals surface area contributed by atoms with Crippen molar-refractivity contribution >= 4 is 16.8 Å². The number of nitrogens with one attached hydrogen (secondary N) is 1. The van der Waals surface area contributed by atoms with Crippen LogP contribution in [0.2, 0.25) is 0 Å². The molecule has 0 spiro atoms. The summed E-state index contributed by atoms with van der Waals surface area (Å²) in [6, 6.07) is 9.15. The number of hydrogen-bond donors (Lipinski definition) is 1. The minimum absolute atomic E-state index is 0.146. The molecule has 1 aliphatic heterocycles. The molecule has 0 unspecified atom stereocenters. The Balaban J connectivity index is 1.68. The second kappa shape index (κ2) is 8.98. The van der Waals surface area contributed by atoms with Crippen LogP contribution in [0, 0.1) is 0 Å². The summed E-state index contributed by atoms with van der Waals surface area (Å²) in [7, 11) is 1.58. The van der Waals surface area contributed by atoms with E-state index in [4.69, 9.17) is 9.47 Å². The lowest BCUT2D eigenvalue weighted by Crippen LogP contribution is -2.34. The molecular formula is C23H25N3O4. The summed E-state index contributed by atoms with van der Waals surface area (Å²) in [5, 5.41) is 3.66. The lowest BCUT2D eigenvalue weighted by molar-refractivity contribution is 0.0952. The maximum absolute atomic E-state index is 13.2. The number of carbonyl (C=O) groups excluding carboxylic acids is 1. The fourth-order valence-corrected chi connectivity index (χ4v) is 3.79. The zero-order valence-corrected chi connectivity index (χ0v) is 17.0. The van der Waals surface area contributed by atoms with Crippen LogP contribution >= 0.6 is 0 Å². The smallest absolute Gasteiger partial charge is 0.264 e. The van der Waals surface area contributed by atoms with Crippen molar-refractivity contribution in [1.29, 1.82) is 0 Å². The normalized spacial score (nSPS) is 13.6. The lowest BCUT2D eigenvalue weighted by atomic mass is 10.1. The van der Waals surface area contributed by atoms with Gasteiger partial charge >= 0.3 is 0 Å². The van der Waals surface area contributed by atoms with E-state index in [0.29, 0.717) is 43.1 Å². The molecule has 4 rings (SSSR count). The van der Waals surface area contributed by atoms with Crippen molar-refractivity contribution in [1.82, 2.24) is 14.9 Å². The highest BCUT2D eigenvalue weighted by atomic mass is 16.5. The topological polar surface area (TPSA) is 82.5 Å². The third-order valence-corrected chi connectivity index (χ3v) is 5.36. The summed E-state index contributed by atoms with van der Waals surface area (Å²) in [4.78, 5) is 30.1. The number of aromatic nitrogens is 2. The zero-order chi connectivity index (χ0) is 20.9. The number of rotatable bonds is 5. The monoisotopic (exact) mass is 407 g/mol. The largest absolute Gasteiger partial charge is 0.493 e. The van der Waals surface area contributed by atoms with Crippen molar-refractivity contribution in [3.8, 4) is 11.5 Å². The van der Waals surface area contributed by atoms with E-state index in [9.17, 15) is 9.59 Å². The van der Waals surface area contributed by atoms with Crippen LogP contribution in [-0.2, 0) is 13.0 Å². The molecule has 1 aromatic carbocycles. The highest BCUT2D eigenvalue weighted by molar-refractivity contribution is 5.99. The molecule has 0 aliphatic carbocycles. The maximum Gasteiger partial charge on any atom is 0.264 e. The van der Waals surface area contributed by atoms with Crippen LogP contribution in [0.4, 0.5) is 0 Å². The van der Waals surface area contributed by atoms with Gasteiger partial charge in [0.2, 0.25) is 0 Å². The van der Waals surface area contributed by atoms with Gasteiger partial charge in [0.1, 0.15) is 5.56 Å². The number of ether oxygens (including phenoxy) is 2. The Morgan fingerprint density at radius 2 is 2.03 bits per heavy atom. The summed E-state index contributed by atoms with van der Waals surface area (Å²) in [5.41, 5.74) is 1.61. The molecule has 7 heteroatoms. The first-order valence-corrected chi connectivity index (χ1v) is 10.2. The van der Waals surface area contributed by atoms with E-state index >= 15 is 0 Å². The van der Waals surface area contributed by atoms with Crippen molar-refractivity contribution in [3.63, 3.8) is 0 Å². The third-order valence-electron chi connectivity index (χ3n) is 5.36. The molecule has 0 radical (unpaired) electrons. The van der Waals surface area contributed by atoms with E-state index in [1.165, 1.54) is 0 Å². The number of hydrogen-bond acceptors (Lipinski definition) is 5. The summed E-state index contributed by atoms with van der Waals surface area (Å²) < 4.78 is 13.1. The molecule has 1 N–H and O–H groups in total. The lowest BCUT2D eigenvalue weighted by Gasteiger charge is -2.17. The number of aryl methyl sites for hydroxylation is 1. The van der Waals surface area contributed by atoms with Gasteiger partial charge in [0.15, 0.2) is 11.5 Å². The second-order valence-electron chi connectivity index (χ2n) is 7.32. The summed E-state index contributed by atoms with van der Waals surface area (Å²) in [6.07, 6.45) is 6.82. The zero-order valence-electron chi connectivity index (χ0n) is 17.0. The first-order chi connectivity index (χ1) is 14.7. The van der Waals surface area contributed by atoms with Crippen LogP contribution in [0.1, 0.15) is 35.2 Å². The van der Waals surface area contributed by atoms with Crippen molar-refractivity contribution in [2.75, 3.05) is 20.3 Å². The van der Waals surface area contributed by atoms with Crippen molar-refractivity contribution in [2.45, 2.75) is 32.2 Å².